The maximum Gasteiger partial charge on any atom is 0.251 e. The van der Waals surface area contributed by atoms with Crippen LogP contribution in [-0.2, 0) is 0 Å². The van der Waals surface area contributed by atoms with Crippen LogP contribution in [0.15, 0.2) is 55.0 Å². The smallest absolute Gasteiger partial charge is 0.251 e. The van der Waals surface area contributed by atoms with Crippen LogP contribution in [0.5, 0.6) is 11.6 Å². The van der Waals surface area contributed by atoms with Gasteiger partial charge in [0.15, 0.2) is 5.65 Å². The number of anilines is 1. The Morgan fingerprint density at radius 1 is 1.14 bits per heavy atom. The SMILES string of the molecule is Cc1cc(-c2cnc3c(NCC4CCSCC4)cc(Oc4cccnc4)nn23)ccc1C(=O)NC1CC1. The van der Waals surface area contributed by atoms with Crippen molar-refractivity contribution in [2.45, 2.75) is 38.6 Å². The molecule has 1 aliphatic carbocycles. The fourth-order valence-electron chi connectivity index (χ4n) is 4.62. The molecule has 1 aromatic carbocycles. The summed E-state index contributed by atoms with van der Waals surface area (Å²) in [4.78, 5) is 21.5. The Morgan fingerprint density at radius 3 is 2.76 bits per heavy atom. The molecule has 0 radical (unpaired) electrons. The van der Waals surface area contributed by atoms with Crippen molar-refractivity contribution in [1.29, 1.82) is 0 Å². The lowest BCUT2D eigenvalue weighted by molar-refractivity contribution is 0.0950. The monoisotopic (exact) mass is 514 g/mol. The molecule has 2 N–H and O–H groups in total. The minimum Gasteiger partial charge on any atom is -0.436 e. The third kappa shape index (κ3) is 5.41. The van der Waals surface area contributed by atoms with Crippen molar-refractivity contribution in [2.75, 3.05) is 23.4 Å². The van der Waals surface area contributed by atoms with Gasteiger partial charge in [-0.3, -0.25) is 9.78 Å². The molecule has 8 nitrogen and oxygen atoms in total. The zero-order valence-corrected chi connectivity index (χ0v) is 21.6. The van der Waals surface area contributed by atoms with Gasteiger partial charge < -0.3 is 15.4 Å². The average molecular weight is 515 g/mol. The van der Waals surface area contributed by atoms with Gasteiger partial charge in [-0.25, -0.2) is 9.50 Å². The second kappa shape index (κ2) is 10.4. The van der Waals surface area contributed by atoms with Crippen molar-refractivity contribution < 1.29 is 9.53 Å². The first-order valence-electron chi connectivity index (χ1n) is 12.8. The second-order valence-electron chi connectivity index (χ2n) is 9.78. The molecule has 2 aliphatic rings. The number of aromatic nitrogens is 4. The number of carbonyl (C=O) groups is 1. The first kappa shape index (κ1) is 23.8. The van der Waals surface area contributed by atoms with Crippen LogP contribution in [0.4, 0.5) is 5.69 Å². The van der Waals surface area contributed by atoms with E-state index in [1.165, 1.54) is 24.3 Å². The largest absolute Gasteiger partial charge is 0.436 e. The maximum atomic E-state index is 12.6. The van der Waals surface area contributed by atoms with Crippen LogP contribution in [0.3, 0.4) is 0 Å². The number of hydrogen-bond donors (Lipinski definition) is 2. The first-order chi connectivity index (χ1) is 18.1. The molecule has 1 saturated carbocycles. The quantitative estimate of drug-likeness (QED) is 0.328. The van der Waals surface area contributed by atoms with Gasteiger partial charge in [0.25, 0.3) is 5.91 Å². The molecule has 0 spiro atoms. The van der Waals surface area contributed by atoms with Gasteiger partial charge in [0.1, 0.15) is 5.75 Å². The summed E-state index contributed by atoms with van der Waals surface area (Å²) in [6.45, 7) is 2.85. The number of thioether (sulfide) groups is 1. The van der Waals surface area contributed by atoms with Crippen LogP contribution in [0, 0.1) is 12.8 Å². The zero-order valence-electron chi connectivity index (χ0n) is 20.8. The van der Waals surface area contributed by atoms with Gasteiger partial charge in [-0.05, 0) is 79.9 Å². The topological polar surface area (TPSA) is 93.4 Å². The van der Waals surface area contributed by atoms with Gasteiger partial charge in [-0.15, -0.1) is 5.10 Å². The van der Waals surface area contributed by atoms with Gasteiger partial charge in [0.2, 0.25) is 5.88 Å². The number of amides is 1. The van der Waals surface area contributed by atoms with Gasteiger partial charge in [0.05, 0.1) is 23.8 Å². The second-order valence-corrected chi connectivity index (χ2v) is 11.0. The Balaban J connectivity index is 1.34. The van der Waals surface area contributed by atoms with Crippen molar-refractivity contribution in [3.63, 3.8) is 0 Å². The van der Waals surface area contributed by atoms with E-state index in [2.05, 4.69) is 15.6 Å². The van der Waals surface area contributed by atoms with E-state index in [1.54, 1.807) is 12.4 Å². The molecule has 0 bridgehead atoms. The number of imidazole rings is 1. The number of pyridine rings is 1. The fraction of sp³-hybridized carbons (Fsp3) is 0.357. The van der Waals surface area contributed by atoms with Crippen LogP contribution in [0.2, 0.25) is 0 Å². The molecule has 0 atom stereocenters. The lowest BCUT2D eigenvalue weighted by Crippen LogP contribution is -2.26. The predicted molar refractivity (Wildman–Crippen MR) is 146 cm³/mol. The summed E-state index contributed by atoms with van der Waals surface area (Å²) >= 11 is 2.03. The number of fused-ring (bicyclic) bond motifs is 1. The van der Waals surface area contributed by atoms with E-state index < -0.39 is 0 Å². The summed E-state index contributed by atoms with van der Waals surface area (Å²) in [7, 11) is 0. The van der Waals surface area contributed by atoms with E-state index in [1.807, 2.05) is 65.8 Å². The van der Waals surface area contributed by atoms with Gasteiger partial charge in [-0.2, -0.15) is 11.8 Å². The Bertz CT molecular complexity index is 1410. The van der Waals surface area contributed by atoms with Gasteiger partial charge >= 0.3 is 0 Å². The first-order valence-corrected chi connectivity index (χ1v) is 14.0. The Kier molecular flexibility index (Phi) is 6.70. The molecule has 37 heavy (non-hydrogen) atoms. The Morgan fingerprint density at radius 2 is 2.00 bits per heavy atom. The molecule has 2 fully saturated rings. The van der Waals surface area contributed by atoms with E-state index in [9.17, 15) is 4.79 Å². The highest BCUT2D eigenvalue weighted by molar-refractivity contribution is 7.99. The summed E-state index contributed by atoms with van der Waals surface area (Å²) in [5, 5.41) is 11.5. The van der Waals surface area contributed by atoms with E-state index in [0.717, 1.165) is 47.5 Å². The summed E-state index contributed by atoms with van der Waals surface area (Å²) in [6, 6.07) is 11.8. The number of benzene rings is 1. The molecule has 3 aromatic heterocycles. The van der Waals surface area contributed by atoms with Crippen molar-refractivity contribution >= 4 is 29.0 Å². The number of nitrogens with zero attached hydrogens (tertiary/aromatic N) is 4. The molecule has 1 saturated heterocycles. The van der Waals surface area contributed by atoms with Crippen molar-refractivity contribution in [3.8, 4) is 22.9 Å². The van der Waals surface area contributed by atoms with Crippen LogP contribution in [-0.4, -0.2) is 49.6 Å². The molecule has 9 heteroatoms. The van der Waals surface area contributed by atoms with Crippen LogP contribution in [0.1, 0.15) is 41.6 Å². The standard InChI is InChI=1S/C28H30N6O2S/c1-18-13-20(4-7-23(18)28(35)32-21-5-6-21)25-17-31-27-24(30-15-19-8-11-37-12-9-19)14-26(33-34(25)27)36-22-3-2-10-29-16-22/h2-4,7,10,13-14,16-17,19,21,30H,5-6,8-9,11-12,15H2,1H3,(H,32,35). The normalized spacial score (nSPS) is 16.0. The highest BCUT2D eigenvalue weighted by atomic mass is 32.2. The summed E-state index contributed by atoms with van der Waals surface area (Å²) < 4.78 is 7.90. The van der Waals surface area contributed by atoms with Crippen molar-refractivity contribution in [1.82, 2.24) is 24.9 Å². The highest BCUT2D eigenvalue weighted by Crippen LogP contribution is 2.31. The average Bonchev–Trinajstić information content (AvgIpc) is 3.63. The summed E-state index contributed by atoms with van der Waals surface area (Å²) in [6.07, 6.45) is 9.78. The molecule has 4 aromatic rings. The number of hydrogen-bond acceptors (Lipinski definition) is 7. The molecule has 1 aliphatic heterocycles. The van der Waals surface area contributed by atoms with E-state index in [-0.39, 0.29) is 5.91 Å². The third-order valence-corrected chi connectivity index (χ3v) is 7.95. The van der Waals surface area contributed by atoms with Crippen molar-refractivity contribution in [2.24, 2.45) is 5.92 Å². The Labute approximate surface area is 220 Å². The molecular weight excluding hydrogens is 484 g/mol. The zero-order chi connectivity index (χ0) is 25.2. The lowest BCUT2D eigenvalue weighted by Gasteiger charge is -2.22. The van der Waals surface area contributed by atoms with Crippen LogP contribution in [0.25, 0.3) is 16.9 Å². The molecule has 190 valence electrons. The number of rotatable bonds is 8. The van der Waals surface area contributed by atoms with Crippen LogP contribution >= 0.6 is 11.8 Å². The number of carbonyl (C=O) groups excluding carboxylic acids is 1. The number of aryl methyl sites for hydroxylation is 1. The maximum absolute atomic E-state index is 12.6. The van der Waals surface area contributed by atoms with Crippen molar-refractivity contribution in [3.05, 3.63) is 66.1 Å². The highest BCUT2D eigenvalue weighted by Gasteiger charge is 2.25. The van der Waals surface area contributed by atoms with Gasteiger partial charge in [-0.1, -0.05) is 6.07 Å². The molecule has 1 amide bonds. The lowest BCUT2D eigenvalue weighted by atomic mass is 10.0. The molecule has 4 heterocycles. The third-order valence-electron chi connectivity index (χ3n) is 6.90. The minimum atomic E-state index is -0.0115. The fourth-order valence-corrected chi connectivity index (χ4v) is 5.83. The summed E-state index contributed by atoms with van der Waals surface area (Å²) in [5.74, 6) is 4.14. The minimum absolute atomic E-state index is 0.0115. The molecule has 6 rings (SSSR count). The molecular formula is C28H30N6O2S. The summed E-state index contributed by atoms with van der Waals surface area (Å²) in [5.41, 5.74) is 5.02. The van der Waals surface area contributed by atoms with Crippen LogP contribution < -0.4 is 15.4 Å². The molecule has 0 unspecified atom stereocenters. The van der Waals surface area contributed by atoms with Gasteiger partial charge in [0, 0.05) is 36.0 Å². The Hall–Kier alpha value is -3.59. The number of nitrogens with one attached hydrogen (secondary N) is 2. The van der Waals surface area contributed by atoms with E-state index >= 15 is 0 Å². The predicted octanol–water partition coefficient (Wildman–Crippen LogP) is 5.34. The van der Waals surface area contributed by atoms with E-state index in [0.29, 0.717) is 29.2 Å². The number of ether oxygens (including phenoxy) is 1. The van der Waals surface area contributed by atoms with E-state index in [4.69, 9.17) is 14.8 Å².